The van der Waals surface area contributed by atoms with E-state index in [1.54, 1.807) is 25.3 Å². The topological polar surface area (TPSA) is 97.2 Å². The van der Waals surface area contributed by atoms with E-state index in [1.165, 1.54) is 6.20 Å². The number of rotatable bonds is 10. The zero-order valence-electron chi connectivity index (χ0n) is 24.7. The first kappa shape index (κ1) is 30.6. The van der Waals surface area contributed by atoms with Crippen LogP contribution in [0.1, 0.15) is 46.1 Å². The normalized spacial score (nSPS) is 14.5. The molecule has 12 heteroatoms. The number of benzene rings is 1. The SMILES string of the molecule is CCCc1cc(C)[nH]c(=O)c1CNC(=O)c1cc(-c2cnn(CCN3CCOCC3)c2)c2ccn(CC(F)(F)F)c2c1C. The first-order valence-corrected chi connectivity index (χ1v) is 14.6. The van der Waals surface area contributed by atoms with E-state index in [9.17, 15) is 22.8 Å². The number of aromatic amines is 1. The molecule has 9 nitrogen and oxygen atoms in total. The molecule has 0 saturated carbocycles. The average molecular weight is 599 g/mol. The molecule has 5 rings (SSSR count). The van der Waals surface area contributed by atoms with E-state index in [2.05, 4.69) is 20.3 Å². The van der Waals surface area contributed by atoms with Crippen LogP contribution in [0.4, 0.5) is 13.2 Å². The van der Waals surface area contributed by atoms with Gasteiger partial charge >= 0.3 is 6.18 Å². The van der Waals surface area contributed by atoms with Crippen LogP contribution in [0.15, 0.2) is 41.6 Å². The molecule has 0 spiro atoms. The molecule has 43 heavy (non-hydrogen) atoms. The van der Waals surface area contributed by atoms with E-state index >= 15 is 0 Å². The van der Waals surface area contributed by atoms with Crippen molar-refractivity contribution in [2.24, 2.45) is 0 Å². The van der Waals surface area contributed by atoms with Gasteiger partial charge in [0.1, 0.15) is 6.54 Å². The minimum absolute atomic E-state index is 0.000371. The Morgan fingerprint density at radius 1 is 1.16 bits per heavy atom. The van der Waals surface area contributed by atoms with E-state index in [0.29, 0.717) is 59.3 Å². The number of nitrogens with one attached hydrogen (secondary N) is 2. The van der Waals surface area contributed by atoms with Crippen molar-refractivity contribution < 1.29 is 22.7 Å². The van der Waals surface area contributed by atoms with Crippen LogP contribution in [0.3, 0.4) is 0 Å². The van der Waals surface area contributed by atoms with Gasteiger partial charge in [0.2, 0.25) is 0 Å². The molecule has 4 heterocycles. The summed E-state index contributed by atoms with van der Waals surface area (Å²) in [5, 5.41) is 7.96. The van der Waals surface area contributed by atoms with E-state index in [4.69, 9.17) is 4.74 Å². The monoisotopic (exact) mass is 598 g/mol. The highest BCUT2D eigenvalue weighted by Crippen LogP contribution is 2.35. The van der Waals surface area contributed by atoms with Crippen LogP contribution in [0.5, 0.6) is 0 Å². The molecule has 1 saturated heterocycles. The Morgan fingerprint density at radius 2 is 1.93 bits per heavy atom. The highest BCUT2D eigenvalue weighted by Gasteiger charge is 2.30. The lowest BCUT2D eigenvalue weighted by Gasteiger charge is -2.26. The Labute approximate surface area is 247 Å². The van der Waals surface area contributed by atoms with Gasteiger partial charge in [-0.15, -0.1) is 0 Å². The van der Waals surface area contributed by atoms with Crippen LogP contribution in [0, 0.1) is 13.8 Å². The van der Waals surface area contributed by atoms with Gasteiger partial charge < -0.3 is 19.6 Å². The summed E-state index contributed by atoms with van der Waals surface area (Å²) in [5.74, 6) is -0.470. The fourth-order valence-electron chi connectivity index (χ4n) is 5.79. The van der Waals surface area contributed by atoms with Crippen LogP contribution >= 0.6 is 0 Å². The van der Waals surface area contributed by atoms with Gasteiger partial charge in [0.15, 0.2) is 0 Å². The Hall–Kier alpha value is -3.90. The lowest BCUT2D eigenvalue weighted by atomic mass is 9.96. The van der Waals surface area contributed by atoms with Gasteiger partial charge in [-0.25, -0.2) is 0 Å². The first-order chi connectivity index (χ1) is 20.5. The summed E-state index contributed by atoms with van der Waals surface area (Å²) in [6, 6.07) is 5.27. The van der Waals surface area contributed by atoms with Gasteiger partial charge in [-0.2, -0.15) is 18.3 Å². The number of amides is 1. The van der Waals surface area contributed by atoms with Crippen LogP contribution in [-0.4, -0.2) is 69.2 Å². The van der Waals surface area contributed by atoms with Gasteiger partial charge in [0.25, 0.3) is 11.5 Å². The fraction of sp³-hybridized carbons (Fsp3) is 0.452. The van der Waals surface area contributed by atoms with E-state index in [0.717, 1.165) is 41.9 Å². The molecule has 3 aromatic heterocycles. The van der Waals surface area contributed by atoms with E-state index in [1.807, 2.05) is 30.8 Å². The number of aryl methyl sites for hydroxylation is 3. The number of morpholine rings is 1. The highest BCUT2D eigenvalue weighted by molar-refractivity contribution is 6.06. The van der Waals surface area contributed by atoms with Crippen molar-refractivity contribution in [2.45, 2.75) is 59.4 Å². The number of carbonyl (C=O) groups excluding carboxylic acids is 1. The zero-order chi connectivity index (χ0) is 30.7. The van der Waals surface area contributed by atoms with Gasteiger partial charge in [-0.05, 0) is 55.2 Å². The Kier molecular flexibility index (Phi) is 9.07. The smallest absolute Gasteiger partial charge is 0.379 e. The van der Waals surface area contributed by atoms with Crippen molar-refractivity contribution in [3.63, 3.8) is 0 Å². The van der Waals surface area contributed by atoms with Crippen LogP contribution < -0.4 is 10.9 Å². The summed E-state index contributed by atoms with van der Waals surface area (Å²) in [6.45, 7) is 8.83. The third-order valence-corrected chi connectivity index (χ3v) is 7.90. The van der Waals surface area contributed by atoms with Gasteiger partial charge in [0, 0.05) is 66.3 Å². The minimum atomic E-state index is -4.44. The quantitative estimate of drug-likeness (QED) is 0.279. The number of fused-ring (bicyclic) bond motifs is 1. The number of H-pyrrole nitrogens is 1. The maximum atomic E-state index is 13.6. The fourth-order valence-corrected chi connectivity index (χ4v) is 5.79. The molecule has 2 N–H and O–H groups in total. The minimum Gasteiger partial charge on any atom is -0.379 e. The molecule has 1 aliphatic heterocycles. The largest absolute Gasteiger partial charge is 0.406 e. The van der Waals surface area contributed by atoms with Crippen molar-refractivity contribution >= 4 is 16.8 Å². The van der Waals surface area contributed by atoms with Gasteiger partial charge in [0.05, 0.1) is 31.5 Å². The van der Waals surface area contributed by atoms with Gasteiger partial charge in [-0.3, -0.25) is 19.2 Å². The lowest BCUT2D eigenvalue weighted by molar-refractivity contribution is -0.139. The number of halogens is 3. The number of hydrogen-bond acceptors (Lipinski definition) is 5. The van der Waals surface area contributed by atoms with Crippen LogP contribution in [-0.2, 0) is 30.8 Å². The number of hydrogen-bond donors (Lipinski definition) is 2. The molecule has 1 amide bonds. The predicted octanol–water partition coefficient (Wildman–Crippen LogP) is 4.59. The summed E-state index contributed by atoms with van der Waals surface area (Å²) in [5.41, 5.74) is 4.13. The third kappa shape index (κ3) is 7.02. The third-order valence-electron chi connectivity index (χ3n) is 7.90. The van der Waals surface area contributed by atoms with Crippen molar-refractivity contribution in [1.82, 2.24) is 29.5 Å². The summed E-state index contributed by atoms with van der Waals surface area (Å²) in [7, 11) is 0. The standard InChI is InChI=1S/C31H37F3N6O3/c1-4-5-22-14-20(2)37-30(42)27(22)17-35-29(41)25-15-26(24-6-7-39(19-31(32,33)34)28(24)21(25)3)23-16-36-40(18-23)9-8-38-10-12-43-13-11-38/h6-7,14-16,18H,4-5,8-13,17,19H2,1-3H3,(H,35,41)(H,37,42). The molecule has 0 atom stereocenters. The maximum absolute atomic E-state index is 13.6. The average Bonchev–Trinajstić information content (AvgIpc) is 3.59. The van der Waals surface area contributed by atoms with Gasteiger partial charge in [-0.1, -0.05) is 13.3 Å². The summed E-state index contributed by atoms with van der Waals surface area (Å²) in [4.78, 5) is 31.4. The summed E-state index contributed by atoms with van der Waals surface area (Å²) >= 11 is 0. The van der Waals surface area contributed by atoms with E-state index < -0.39 is 18.6 Å². The molecule has 1 fully saturated rings. The summed E-state index contributed by atoms with van der Waals surface area (Å²) < 4.78 is 48.9. The second kappa shape index (κ2) is 12.8. The Balaban J connectivity index is 1.49. The second-order valence-corrected chi connectivity index (χ2v) is 11.1. The molecule has 0 bridgehead atoms. The molecular formula is C31H37F3N6O3. The Morgan fingerprint density at radius 3 is 2.65 bits per heavy atom. The number of ether oxygens (including phenoxy) is 1. The lowest BCUT2D eigenvalue weighted by Crippen LogP contribution is -2.38. The van der Waals surface area contributed by atoms with Crippen LogP contribution in [0.2, 0.25) is 0 Å². The molecule has 4 aromatic rings. The molecule has 0 aliphatic carbocycles. The van der Waals surface area contributed by atoms with Crippen molar-refractivity contribution in [1.29, 1.82) is 0 Å². The number of alkyl halides is 3. The molecular weight excluding hydrogens is 561 g/mol. The van der Waals surface area contributed by atoms with E-state index in [-0.39, 0.29) is 17.7 Å². The van der Waals surface area contributed by atoms with Crippen molar-refractivity contribution in [3.8, 4) is 11.1 Å². The number of aromatic nitrogens is 4. The zero-order valence-corrected chi connectivity index (χ0v) is 24.7. The second-order valence-electron chi connectivity index (χ2n) is 11.1. The summed E-state index contributed by atoms with van der Waals surface area (Å²) in [6.07, 6.45) is 2.02. The predicted molar refractivity (Wildman–Crippen MR) is 158 cm³/mol. The maximum Gasteiger partial charge on any atom is 0.406 e. The number of pyridine rings is 1. The van der Waals surface area contributed by atoms with Crippen molar-refractivity contribution in [3.05, 3.63) is 75.1 Å². The van der Waals surface area contributed by atoms with Crippen molar-refractivity contribution in [2.75, 3.05) is 32.8 Å². The Bertz CT molecular complexity index is 1660. The highest BCUT2D eigenvalue weighted by atomic mass is 19.4. The molecule has 0 radical (unpaired) electrons. The number of nitrogens with zero attached hydrogens (tertiary/aromatic N) is 4. The molecule has 1 aliphatic rings. The molecule has 0 unspecified atom stereocenters. The first-order valence-electron chi connectivity index (χ1n) is 14.6. The number of carbonyl (C=O) groups is 1. The molecule has 1 aromatic carbocycles. The van der Waals surface area contributed by atoms with Crippen LogP contribution in [0.25, 0.3) is 22.0 Å². The molecule has 230 valence electrons.